The molecule has 2 rings (SSSR count). The maximum atomic E-state index is 4.31. The van der Waals surface area contributed by atoms with Crippen molar-refractivity contribution in [1.29, 1.82) is 0 Å². The van der Waals surface area contributed by atoms with Crippen molar-refractivity contribution < 1.29 is 0 Å². The predicted octanol–water partition coefficient (Wildman–Crippen LogP) is 1.55. The summed E-state index contributed by atoms with van der Waals surface area (Å²) in [6.07, 6.45) is 3.82. The highest BCUT2D eigenvalue weighted by molar-refractivity contribution is 7.15. The van der Waals surface area contributed by atoms with Gasteiger partial charge in [0.1, 0.15) is 5.82 Å². The quantitative estimate of drug-likeness (QED) is 0.876. The van der Waals surface area contributed by atoms with Gasteiger partial charge in [-0.05, 0) is 0 Å². The molecular formula is C10H15N5S. The van der Waals surface area contributed by atoms with E-state index in [2.05, 4.69) is 15.4 Å². The Hall–Kier alpha value is -1.56. The molecule has 2 aromatic rings. The molecule has 0 aliphatic rings. The van der Waals surface area contributed by atoms with Gasteiger partial charge < -0.3 is 10.2 Å². The Morgan fingerprint density at radius 3 is 2.88 bits per heavy atom. The predicted molar refractivity (Wildman–Crippen MR) is 67.0 cm³/mol. The molecular weight excluding hydrogens is 222 g/mol. The van der Waals surface area contributed by atoms with E-state index in [1.807, 2.05) is 44.5 Å². The average Bonchev–Trinajstić information content (AvgIpc) is 2.83. The fraction of sp³-hybridized carbons (Fsp3) is 0.400. The van der Waals surface area contributed by atoms with Crippen molar-refractivity contribution in [1.82, 2.24) is 14.8 Å². The second kappa shape index (κ2) is 4.52. The Morgan fingerprint density at radius 2 is 2.31 bits per heavy atom. The number of anilines is 2. The highest BCUT2D eigenvalue weighted by Gasteiger charge is 2.03. The van der Waals surface area contributed by atoms with Gasteiger partial charge in [0.2, 0.25) is 0 Å². The fourth-order valence-corrected chi connectivity index (χ4v) is 2.04. The van der Waals surface area contributed by atoms with Crippen LogP contribution < -0.4 is 10.2 Å². The molecule has 0 amide bonds. The van der Waals surface area contributed by atoms with Crippen LogP contribution in [0.4, 0.5) is 10.9 Å². The summed E-state index contributed by atoms with van der Waals surface area (Å²) in [6.45, 7) is 0.766. The van der Waals surface area contributed by atoms with Gasteiger partial charge in [-0.15, -0.1) is 11.3 Å². The number of aromatic nitrogens is 3. The summed E-state index contributed by atoms with van der Waals surface area (Å²) in [5.74, 6) is 0.891. The SMILES string of the molecule is CN(C)c1ncc(CNc2ccn(C)n2)s1. The number of rotatable bonds is 4. The number of aryl methyl sites for hydroxylation is 1. The van der Waals surface area contributed by atoms with Gasteiger partial charge in [-0.2, -0.15) is 5.10 Å². The van der Waals surface area contributed by atoms with Crippen molar-refractivity contribution in [3.8, 4) is 0 Å². The van der Waals surface area contributed by atoms with Gasteiger partial charge >= 0.3 is 0 Å². The third kappa shape index (κ3) is 2.52. The monoisotopic (exact) mass is 237 g/mol. The van der Waals surface area contributed by atoms with E-state index in [4.69, 9.17) is 0 Å². The van der Waals surface area contributed by atoms with Crippen molar-refractivity contribution in [3.63, 3.8) is 0 Å². The van der Waals surface area contributed by atoms with E-state index in [0.29, 0.717) is 0 Å². The highest BCUT2D eigenvalue weighted by Crippen LogP contribution is 2.20. The number of hydrogen-bond acceptors (Lipinski definition) is 5. The van der Waals surface area contributed by atoms with Gasteiger partial charge in [-0.3, -0.25) is 4.68 Å². The zero-order chi connectivity index (χ0) is 11.5. The Kier molecular flexibility index (Phi) is 3.09. The van der Waals surface area contributed by atoms with Crippen LogP contribution in [0.15, 0.2) is 18.5 Å². The second-order valence-corrected chi connectivity index (χ2v) is 4.83. The van der Waals surface area contributed by atoms with Crippen molar-refractivity contribution in [3.05, 3.63) is 23.3 Å². The number of nitrogens with one attached hydrogen (secondary N) is 1. The molecule has 6 heteroatoms. The lowest BCUT2D eigenvalue weighted by atomic mass is 10.5. The molecule has 0 aliphatic heterocycles. The molecule has 0 unspecified atom stereocenters. The van der Waals surface area contributed by atoms with E-state index in [0.717, 1.165) is 17.5 Å². The molecule has 0 spiro atoms. The van der Waals surface area contributed by atoms with Crippen molar-refractivity contribution in [2.45, 2.75) is 6.54 Å². The molecule has 16 heavy (non-hydrogen) atoms. The first-order valence-electron chi connectivity index (χ1n) is 5.00. The smallest absolute Gasteiger partial charge is 0.185 e. The Bertz CT molecular complexity index is 459. The summed E-state index contributed by atoms with van der Waals surface area (Å²) in [6, 6.07) is 1.95. The third-order valence-electron chi connectivity index (χ3n) is 2.08. The van der Waals surface area contributed by atoms with Crippen molar-refractivity contribution in [2.24, 2.45) is 7.05 Å². The topological polar surface area (TPSA) is 46.0 Å². The molecule has 0 saturated heterocycles. The summed E-state index contributed by atoms with van der Waals surface area (Å²) in [5.41, 5.74) is 0. The first-order chi connectivity index (χ1) is 7.65. The summed E-state index contributed by atoms with van der Waals surface area (Å²) in [5, 5.41) is 8.53. The molecule has 1 N–H and O–H groups in total. The Balaban J connectivity index is 1.94. The van der Waals surface area contributed by atoms with Crippen LogP contribution in [0.2, 0.25) is 0 Å². The summed E-state index contributed by atoms with van der Waals surface area (Å²) < 4.78 is 1.78. The molecule has 0 aromatic carbocycles. The lowest BCUT2D eigenvalue weighted by Crippen LogP contribution is -2.07. The molecule has 2 heterocycles. The van der Waals surface area contributed by atoms with Crippen LogP contribution >= 0.6 is 11.3 Å². The number of hydrogen-bond donors (Lipinski definition) is 1. The lowest BCUT2D eigenvalue weighted by molar-refractivity contribution is 0.768. The minimum Gasteiger partial charge on any atom is -0.364 e. The minimum absolute atomic E-state index is 0.766. The van der Waals surface area contributed by atoms with Crippen LogP contribution in [0.25, 0.3) is 0 Å². The molecule has 0 atom stereocenters. The molecule has 2 aromatic heterocycles. The van der Waals surface area contributed by atoms with E-state index in [1.165, 1.54) is 4.88 Å². The minimum atomic E-state index is 0.766. The summed E-state index contributed by atoms with van der Waals surface area (Å²) in [7, 11) is 5.89. The molecule has 86 valence electrons. The number of nitrogens with zero attached hydrogens (tertiary/aromatic N) is 4. The van der Waals surface area contributed by atoms with Crippen molar-refractivity contribution >= 4 is 22.3 Å². The van der Waals surface area contributed by atoms with Crippen LogP contribution in [0.1, 0.15) is 4.88 Å². The van der Waals surface area contributed by atoms with Crippen LogP contribution in [-0.4, -0.2) is 28.9 Å². The van der Waals surface area contributed by atoms with Gasteiger partial charge in [0.25, 0.3) is 0 Å². The number of thiazole rings is 1. The van der Waals surface area contributed by atoms with Crippen LogP contribution in [0.5, 0.6) is 0 Å². The van der Waals surface area contributed by atoms with Crippen LogP contribution in [-0.2, 0) is 13.6 Å². The molecule has 0 fully saturated rings. The van der Waals surface area contributed by atoms with Gasteiger partial charge in [-0.25, -0.2) is 4.98 Å². The Morgan fingerprint density at radius 1 is 1.50 bits per heavy atom. The second-order valence-electron chi connectivity index (χ2n) is 3.73. The molecule has 5 nitrogen and oxygen atoms in total. The van der Waals surface area contributed by atoms with Gasteiger partial charge in [-0.1, -0.05) is 0 Å². The zero-order valence-electron chi connectivity index (χ0n) is 9.64. The maximum Gasteiger partial charge on any atom is 0.185 e. The zero-order valence-corrected chi connectivity index (χ0v) is 10.5. The summed E-state index contributed by atoms with van der Waals surface area (Å²) in [4.78, 5) is 7.52. The fourth-order valence-electron chi connectivity index (χ4n) is 1.27. The molecule has 0 saturated carbocycles. The third-order valence-corrected chi connectivity index (χ3v) is 3.25. The maximum absolute atomic E-state index is 4.31. The van der Waals surface area contributed by atoms with E-state index >= 15 is 0 Å². The first-order valence-corrected chi connectivity index (χ1v) is 5.82. The van der Waals surface area contributed by atoms with E-state index in [-0.39, 0.29) is 0 Å². The van der Waals surface area contributed by atoms with Crippen LogP contribution in [0, 0.1) is 0 Å². The molecule has 0 bridgehead atoms. The summed E-state index contributed by atoms with van der Waals surface area (Å²) >= 11 is 1.68. The first kappa shape index (κ1) is 10.9. The highest BCUT2D eigenvalue weighted by atomic mass is 32.1. The van der Waals surface area contributed by atoms with E-state index in [1.54, 1.807) is 16.0 Å². The van der Waals surface area contributed by atoms with E-state index < -0.39 is 0 Å². The Labute approximate surface area is 98.7 Å². The molecule has 0 aliphatic carbocycles. The van der Waals surface area contributed by atoms with Crippen LogP contribution in [0.3, 0.4) is 0 Å². The van der Waals surface area contributed by atoms with Gasteiger partial charge in [0, 0.05) is 44.5 Å². The largest absolute Gasteiger partial charge is 0.364 e. The lowest BCUT2D eigenvalue weighted by Gasteiger charge is -2.05. The standard InChI is InChI=1S/C10H15N5S/c1-14(2)10-12-7-8(16-10)6-11-9-4-5-15(3)13-9/h4-5,7H,6H2,1-3H3,(H,11,13). The average molecular weight is 237 g/mol. The molecule has 0 radical (unpaired) electrons. The van der Waals surface area contributed by atoms with E-state index in [9.17, 15) is 0 Å². The van der Waals surface area contributed by atoms with Crippen molar-refractivity contribution in [2.75, 3.05) is 24.3 Å². The van der Waals surface area contributed by atoms with Gasteiger partial charge in [0.15, 0.2) is 5.13 Å². The van der Waals surface area contributed by atoms with Gasteiger partial charge in [0.05, 0.1) is 6.54 Å². The normalized spacial score (nSPS) is 10.4.